The molecular formula is C27H32N6O2. The average molecular weight is 473 g/mol. The number of benzene rings is 2. The molecule has 182 valence electrons. The Bertz CT molecular complexity index is 1410. The highest BCUT2D eigenvalue weighted by Crippen LogP contribution is 2.38. The van der Waals surface area contributed by atoms with Crippen molar-refractivity contribution >= 4 is 16.6 Å². The van der Waals surface area contributed by atoms with Gasteiger partial charge in [-0.3, -0.25) is 4.79 Å². The van der Waals surface area contributed by atoms with Gasteiger partial charge in [0.25, 0.3) is 5.56 Å². The van der Waals surface area contributed by atoms with E-state index in [9.17, 15) is 4.79 Å². The number of aromatic nitrogens is 5. The Labute approximate surface area is 204 Å². The molecule has 4 aromatic rings. The molecule has 0 fully saturated rings. The SMILES string of the molecule is CCOc1ccc2[nH]c(=O)c([C@H](c3nnnn3C(C)(C)CC)N3CCCc4ccccc43)cc2c1. The van der Waals surface area contributed by atoms with Crippen LogP contribution in [0.5, 0.6) is 5.75 Å². The second-order valence-corrected chi connectivity index (χ2v) is 9.68. The van der Waals surface area contributed by atoms with E-state index in [1.54, 1.807) is 0 Å². The van der Waals surface area contributed by atoms with Crippen molar-refractivity contribution in [1.82, 2.24) is 25.2 Å². The number of aromatic amines is 1. The number of ether oxygens (including phenoxy) is 1. The third-order valence-corrected chi connectivity index (χ3v) is 7.08. The van der Waals surface area contributed by atoms with Crippen molar-refractivity contribution in [2.75, 3.05) is 18.1 Å². The summed E-state index contributed by atoms with van der Waals surface area (Å²) >= 11 is 0. The molecule has 0 saturated heterocycles. The largest absolute Gasteiger partial charge is 0.494 e. The van der Waals surface area contributed by atoms with Crippen molar-refractivity contribution in [3.8, 4) is 5.75 Å². The van der Waals surface area contributed by atoms with E-state index < -0.39 is 6.04 Å². The van der Waals surface area contributed by atoms with Gasteiger partial charge in [0.15, 0.2) is 5.82 Å². The van der Waals surface area contributed by atoms with Gasteiger partial charge in [0.05, 0.1) is 12.1 Å². The lowest BCUT2D eigenvalue weighted by atomic mass is 9.95. The highest BCUT2D eigenvalue weighted by atomic mass is 16.5. The Morgan fingerprint density at radius 1 is 1.14 bits per heavy atom. The number of aryl methyl sites for hydroxylation is 1. The van der Waals surface area contributed by atoms with Gasteiger partial charge in [-0.25, -0.2) is 4.68 Å². The molecule has 5 rings (SSSR count). The highest BCUT2D eigenvalue weighted by molar-refractivity contribution is 5.81. The molecule has 0 saturated carbocycles. The van der Waals surface area contributed by atoms with Gasteiger partial charge in [-0.15, -0.1) is 5.10 Å². The van der Waals surface area contributed by atoms with Gasteiger partial charge in [-0.1, -0.05) is 25.1 Å². The fourth-order valence-corrected chi connectivity index (χ4v) is 4.88. The third kappa shape index (κ3) is 4.17. The van der Waals surface area contributed by atoms with Gasteiger partial charge in [-0.05, 0) is 86.4 Å². The van der Waals surface area contributed by atoms with Crippen LogP contribution >= 0.6 is 0 Å². The van der Waals surface area contributed by atoms with Gasteiger partial charge < -0.3 is 14.6 Å². The number of nitrogens with zero attached hydrogens (tertiary/aromatic N) is 5. The predicted molar refractivity (Wildman–Crippen MR) is 137 cm³/mol. The summed E-state index contributed by atoms with van der Waals surface area (Å²) in [6.45, 7) is 9.70. The molecule has 1 N–H and O–H groups in total. The van der Waals surface area contributed by atoms with Crippen LogP contribution in [-0.2, 0) is 12.0 Å². The maximum absolute atomic E-state index is 13.6. The Kier molecular flexibility index (Phi) is 6.05. The number of para-hydroxylation sites is 1. The van der Waals surface area contributed by atoms with Crippen LogP contribution in [0.1, 0.15) is 63.5 Å². The molecule has 0 spiro atoms. The summed E-state index contributed by atoms with van der Waals surface area (Å²) in [6, 6.07) is 15.7. The molecule has 2 aromatic heterocycles. The van der Waals surface area contributed by atoms with E-state index in [0.717, 1.165) is 48.1 Å². The minimum Gasteiger partial charge on any atom is -0.494 e. The van der Waals surface area contributed by atoms with Crippen molar-refractivity contribution in [3.05, 3.63) is 75.8 Å². The van der Waals surface area contributed by atoms with Crippen LogP contribution in [-0.4, -0.2) is 38.3 Å². The zero-order chi connectivity index (χ0) is 24.6. The van der Waals surface area contributed by atoms with Gasteiger partial charge in [0.1, 0.15) is 11.8 Å². The molecule has 0 radical (unpaired) electrons. The quantitative estimate of drug-likeness (QED) is 0.423. The monoisotopic (exact) mass is 472 g/mol. The first-order valence-electron chi connectivity index (χ1n) is 12.4. The number of tetrazole rings is 1. The Hall–Kier alpha value is -3.68. The summed E-state index contributed by atoms with van der Waals surface area (Å²) in [4.78, 5) is 19.0. The normalized spacial score (nSPS) is 14.7. The highest BCUT2D eigenvalue weighted by Gasteiger charge is 2.36. The number of rotatable bonds is 7. The molecule has 1 aliphatic heterocycles. The average Bonchev–Trinajstić information content (AvgIpc) is 3.36. The number of anilines is 1. The maximum Gasteiger partial charge on any atom is 0.254 e. The summed E-state index contributed by atoms with van der Waals surface area (Å²) in [5, 5.41) is 13.9. The molecule has 8 nitrogen and oxygen atoms in total. The van der Waals surface area contributed by atoms with Crippen molar-refractivity contribution in [1.29, 1.82) is 0 Å². The maximum atomic E-state index is 13.6. The minimum atomic E-state index is -0.443. The minimum absolute atomic E-state index is 0.140. The molecule has 2 aromatic carbocycles. The van der Waals surface area contributed by atoms with E-state index >= 15 is 0 Å². The number of fused-ring (bicyclic) bond motifs is 2. The number of hydrogen-bond donors (Lipinski definition) is 1. The number of pyridine rings is 1. The van der Waals surface area contributed by atoms with Crippen LogP contribution in [0.2, 0.25) is 0 Å². The lowest BCUT2D eigenvalue weighted by Gasteiger charge is -2.38. The lowest BCUT2D eigenvalue weighted by Crippen LogP contribution is -2.40. The molecule has 35 heavy (non-hydrogen) atoms. The molecule has 8 heteroatoms. The number of nitrogens with one attached hydrogen (secondary N) is 1. The van der Waals surface area contributed by atoms with E-state index in [1.807, 2.05) is 41.9 Å². The smallest absolute Gasteiger partial charge is 0.254 e. The topological polar surface area (TPSA) is 88.9 Å². The number of H-pyrrole nitrogens is 1. The van der Waals surface area contributed by atoms with E-state index in [4.69, 9.17) is 4.74 Å². The van der Waals surface area contributed by atoms with Crippen LogP contribution < -0.4 is 15.2 Å². The van der Waals surface area contributed by atoms with Gasteiger partial charge in [0, 0.05) is 28.7 Å². The van der Waals surface area contributed by atoms with Crippen LogP contribution in [0.4, 0.5) is 5.69 Å². The molecule has 0 aliphatic carbocycles. The lowest BCUT2D eigenvalue weighted by molar-refractivity contribution is 0.287. The van der Waals surface area contributed by atoms with Gasteiger partial charge in [-0.2, -0.15) is 0 Å². The first-order valence-corrected chi connectivity index (χ1v) is 12.4. The fourth-order valence-electron chi connectivity index (χ4n) is 4.88. The molecule has 1 atom stereocenters. The summed E-state index contributed by atoms with van der Waals surface area (Å²) < 4.78 is 7.60. The summed E-state index contributed by atoms with van der Waals surface area (Å²) in [6.07, 6.45) is 2.85. The van der Waals surface area contributed by atoms with Crippen molar-refractivity contribution in [2.45, 2.75) is 58.5 Å². The molecule has 0 unspecified atom stereocenters. The molecule has 0 bridgehead atoms. The van der Waals surface area contributed by atoms with Crippen molar-refractivity contribution in [3.63, 3.8) is 0 Å². The van der Waals surface area contributed by atoms with E-state index in [0.29, 0.717) is 18.0 Å². The Morgan fingerprint density at radius 3 is 2.77 bits per heavy atom. The van der Waals surface area contributed by atoms with E-state index in [-0.39, 0.29) is 11.1 Å². The fraction of sp³-hybridized carbons (Fsp3) is 0.407. The van der Waals surface area contributed by atoms with Gasteiger partial charge >= 0.3 is 0 Å². The summed E-state index contributed by atoms with van der Waals surface area (Å²) in [5.74, 6) is 1.44. The molecular weight excluding hydrogens is 440 g/mol. The molecule has 1 aliphatic rings. The standard InChI is InChI=1S/C27H32N6O2/c1-5-27(3,4)33-25(29-30-31-33)24(32-15-9-11-18-10-7-8-12-23(18)32)21-17-19-16-20(35-6-2)13-14-22(19)28-26(21)34/h7-8,10,12-14,16-17,24H,5-6,9,11,15H2,1-4H3,(H,28,34)/t24-/m1/s1. The molecule has 3 heterocycles. The van der Waals surface area contributed by atoms with Crippen LogP contribution in [0.25, 0.3) is 10.9 Å². The van der Waals surface area contributed by atoms with E-state index in [1.165, 1.54) is 5.56 Å². The van der Waals surface area contributed by atoms with Crippen molar-refractivity contribution in [2.24, 2.45) is 0 Å². The predicted octanol–water partition coefficient (Wildman–Crippen LogP) is 4.60. The zero-order valence-electron chi connectivity index (χ0n) is 20.8. The van der Waals surface area contributed by atoms with Gasteiger partial charge in [0.2, 0.25) is 0 Å². The first-order chi connectivity index (χ1) is 16.9. The summed E-state index contributed by atoms with van der Waals surface area (Å²) in [7, 11) is 0. The van der Waals surface area contributed by atoms with Crippen LogP contribution in [0, 0.1) is 0 Å². The van der Waals surface area contributed by atoms with E-state index in [2.05, 4.69) is 64.4 Å². The Morgan fingerprint density at radius 2 is 1.97 bits per heavy atom. The zero-order valence-corrected chi connectivity index (χ0v) is 20.8. The van der Waals surface area contributed by atoms with Crippen LogP contribution in [0.15, 0.2) is 53.3 Å². The Balaban J connectivity index is 1.75. The third-order valence-electron chi connectivity index (χ3n) is 7.08. The second kappa shape index (κ2) is 9.17. The van der Waals surface area contributed by atoms with Crippen molar-refractivity contribution < 1.29 is 4.74 Å². The summed E-state index contributed by atoms with van der Waals surface area (Å²) in [5.41, 5.74) is 3.33. The molecule has 0 amide bonds. The number of hydrogen-bond acceptors (Lipinski definition) is 6. The first kappa shape index (κ1) is 23.1. The van der Waals surface area contributed by atoms with Crippen LogP contribution in [0.3, 0.4) is 0 Å². The second-order valence-electron chi connectivity index (χ2n) is 9.68.